The molecule has 20 heavy (non-hydrogen) atoms. The second-order valence-electron chi connectivity index (χ2n) is 5.31. The quantitative estimate of drug-likeness (QED) is 0.309. The highest BCUT2D eigenvalue weighted by Gasteiger charge is 2.39. The van der Waals surface area contributed by atoms with E-state index in [0.717, 1.165) is 36.3 Å². The van der Waals surface area contributed by atoms with Crippen LogP contribution in [0.4, 0.5) is 0 Å². The van der Waals surface area contributed by atoms with Crippen LogP contribution in [-0.2, 0) is 12.9 Å². The molecule has 0 aliphatic rings. The van der Waals surface area contributed by atoms with Gasteiger partial charge in [-0.2, -0.15) is 0 Å². The van der Waals surface area contributed by atoms with Crippen molar-refractivity contribution >= 4 is 25.2 Å². The van der Waals surface area contributed by atoms with E-state index in [1.807, 2.05) is 6.92 Å². The van der Waals surface area contributed by atoms with Gasteiger partial charge in [-0.25, -0.2) is 0 Å². The van der Waals surface area contributed by atoms with Crippen molar-refractivity contribution in [1.29, 1.82) is 0 Å². The van der Waals surface area contributed by atoms with Crippen molar-refractivity contribution in [3.8, 4) is 0 Å². The Morgan fingerprint density at radius 3 is 1.10 bits per heavy atom. The van der Waals surface area contributed by atoms with Gasteiger partial charge in [-0.05, 0) is 43.2 Å². The molecule has 0 bridgehead atoms. The molecule has 0 heterocycles. The van der Waals surface area contributed by atoms with Gasteiger partial charge in [-0.3, -0.25) is 0 Å². The van der Waals surface area contributed by atoms with Gasteiger partial charge in [0.15, 0.2) is 0 Å². The minimum Gasteiger partial charge on any atom is -0.354 e. The highest BCUT2D eigenvalue weighted by molar-refractivity contribution is 7.45. The molecule has 0 unspecified atom stereocenters. The van der Waals surface area contributed by atoms with Crippen LogP contribution in [0.2, 0.25) is 36.3 Å². The highest BCUT2D eigenvalue weighted by Crippen LogP contribution is 2.49. The van der Waals surface area contributed by atoms with Crippen molar-refractivity contribution in [2.75, 3.05) is 6.61 Å². The molecule has 0 amide bonds. The Morgan fingerprint density at radius 1 is 0.600 bits per heavy atom. The van der Waals surface area contributed by atoms with Crippen molar-refractivity contribution in [2.24, 2.45) is 0 Å². The van der Waals surface area contributed by atoms with Crippen LogP contribution in [0.5, 0.6) is 0 Å². The molecule has 0 aromatic rings. The Kier molecular flexibility index (Phi) is 10.9. The smallest absolute Gasteiger partial charge is 0.311 e. The predicted octanol–water partition coefficient (Wildman–Crippen LogP) is 6.29. The maximum atomic E-state index is 6.48. The first kappa shape index (κ1) is 20.7. The van der Waals surface area contributed by atoms with Crippen molar-refractivity contribution < 1.29 is 12.9 Å². The molecule has 122 valence electrons. The minimum absolute atomic E-state index is 0.676. The maximum Gasteiger partial charge on any atom is 0.311 e. The summed E-state index contributed by atoms with van der Waals surface area (Å²) in [5.41, 5.74) is 0. The summed E-state index contributed by atoms with van der Waals surface area (Å²) in [5.74, 6) is 0. The first-order chi connectivity index (χ1) is 9.50. The SMILES string of the molecule is CCOP(O[Si](CC)(CC)CC)O[Si](CC)(CC)CC. The van der Waals surface area contributed by atoms with E-state index in [-0.39, 0.29) is 0 Å². The Balaban J connectivity index is 4.95. The second kappa shape index (κ2) is 10.5. The van der Waals surface area contributed by atoms with Gasteiger partial charge in [-0.15, -0.1) is 0 Å². The molecule has 0 aromatic heterocycles. The fraction of sp³-hybridized carbons (Fsp3) is 1.00. The van der Waals surface area contributed by atoms with Gasteiger partial charge in [0.05, 0.1) is 6.61 Å². The van der Waals surface area contributed by atoms with E-state index < -0.39 is 25.2 Å². The van der Waals surface area contributed by atoms with Crippen LogP contribution in [0.1, 0.15) is 48.5 Å². The van der Waals surface area contributed by atoms with Crippen molar-refractivity contribution in [1.82, 2.24) is 0 Å². The normalized spacial score (nSPS) is 13.2. The number of hydrogen-bond acceptors (Lipinski definition) is 3. The Hall–Kier alpha value is 0.744. The molecule has 3 nitrogen and oxygen atoms in total. The first-order valence-electron chi connectivity index (χ1n) is 8.32. The highest BCUT2D eigenvalue weighted by atomic mass is 31.2. The topological polar surface area (TPSA) is 27.7 Å². The van der Waals surface area contributed by atoms with Crippen LogP contribution < -0.4 is 0 Å². The summed E-state index contributed by atoms with van der Waals surface area (Å²) < 4.78 is 18.8. The average molecular weight is 339 g/mol. The van der Waals surface area contributed by atoms with E-state index >= 15 is 0 Å². The molecule has 0 spiro atoms. The van der Waals surface area contributed by atoms with Gasteiger partial charge in [0.2, 0.25) is 16.6 Å². The van der Waals surface area contributed by atoms with E-state index in [9.17, 15) is 0 Å². The molecular formula is C14H35O3PSi2. The lowest BCUT2D eigenvalue weighted by Gasteiger charge is -2.36. The van der Waals surface area contributed by atoms with Crippen molar-refractivity contribution in [2.45, 2.75) is 84.7 Å². The minimum atomic E-state index is -1.65. The molecule has 0 radical (unpaired) electrons. The zero-order valence-electron chi connectivity index (χ0n) is 14.6. The van der Waals surface area contributed by atoms with Crippen LogP contribution >= 0.6 is 8.60 Å². The maximum absolute atomic E-state index is 6.48. The molecule has 0 rings (SSSR count). The molecule has 0 aromatic carbocycles. The van der Waals surface area contributed by atoms with Crippen LogP contribution in [-0.4, -0.2) is 23.2 Å². The Morgan fingerprint density at radius 2 is 0.900 bits per heavy atom. The van der Waals surface area contributed by atoms with Gasteiger partial charge < -0.3 is 12.9 Å². The summed E-state index contributed by atoms with van der Waals surface area (Å²) in [6.07, 6.45) is 0. The molecular weight excluding hydrogens is 303 g/mol. The molecule has 0 N–H and O–H groups in total. The van der Waals surface area contributed by atoms with Crippen LogP contribution in [0.25, 0.3) is 0 Å². The Labute approximate surface area is 130 Å². The van der Waals surface area contributed by atoms with Gasteiger partial charge in [0.25, 0.3) is 0 Å². The van der Waals surface area contributed by atoms with Crippen LogP contribution in [0.3, 0.4) is 0 Å². The van der Waals surface area contributed by atoms with E-state index in [2.05, 4.69) is 41.5 Å². The molecule has 0 aliphatic heterocycles. The molecule has 0 saturated heterocycles. The fourth-order valence-corrected chi connectivity index (χ4v) is 12.1. The number of rotatable bonds is 12. The summed E-state index contributed by atoms with van der Waals surface area (Å²) in [5, 5.41) is 0. The molecule has 0 fully saturated rings. The average Bonchev–Trinajstić information content (AvgIpc) is 2.50. The lowest BCUT2D eigenvalue weighted by atomic mass is 10.9. The third-order valence-electron chi connectivity index (χ3n) is 4.64. The van der Waals surface area contributed by atoms with Crippen molar-refractivity contribution in [3.63, 3.8) is 0 Å². The fourth-order valence-electron chi connectivity index (χ4n) is 2.38. The molecule has 0 aliphatic carbocycles. The van der Waals surface area contributed by atoms with Gasteiger partial charge in [0, 0.05) is 0 Å². The van der Waals surface area contributed by atoms with E-state index in [0.29, 0.717) is 6.61 Å². The van der Waals surface area contributed by atoms with Crippen LogP contribution in [0.15, 0.2) is 0 Å². The molecule has 6 heteroatoms. The monoisotopic (exact) mass is 338 g/mol. The summed E-state index contributed by atoms with van der Waals surface area (Å²) in [7, 11) is -4.46. The molecule has 0 atom stereocenters. The largest absolute Gasteiger partial charge is 0.354 e. The standard InChI is InChI=1S/C14H35O3PSi2/c1-8-15-18(16-19(9-2,10-3)11-4)17-20(12-5,13-6)14-7/h8-14H2,1-7H3. The second-order valence-corrected chi connectivity index (χ2v) is 16.5. The third-order valence-corrected chi connectivity index (χ3v) is 17.1. The summed E-state index contributed by atoms with van der Waals surface area (Å²) in [6, 6.07) is 6.88. The van der Waals surface area contributed by atoms with E-state index in [1.165, 1.54) is 0 Å². The van der Waals surface area contributed by atoms with E-state index in [4.69, 9.17) is 12.9 Å². The first-order valence-corrected chi connectivity index (χ1v) is 14.5. The van der Waals surface area contributed by atoms with Gasteiger partial charge in [-0.1, -0.05) is 41.5 Å². The van der Waals surface area contributed by atoms with Crippen LogP contribution in [0, 0.1) is 0 Å². The van der Waals surface area contributed by atoms with Gasteiger partial charge >= 0.3 is 8.60 Å². The van der Waals surface area contributed by atoms with E-state index in [1.54, 1.807) is 0 Å². The zero-order valence-corrected chi connectivity index (χ0v) is 17.5. The lowest BCUT2D eigenvalue weighted by Crippen LogP contribution is -2.38. The third kappa shape index (κ3) is 5.86. The van der Waals surface area contributed by atoms with Gasteiger partial charge in [0.1, 0.15) is 0 Å². The summed E-state index contributed by atoms with van der Waals surface area (Å²) in [6.45, 7) is 16.2. The number of hydrogen-bond donors (Lipinski definition) is 0. The van der Waals surface area contributed by atoms with Crippen molar-refractivity contribution in [3.05, 3.63) is 0 Å². The predicted molar refractivity (Wildman–Crippen MR) is 95.1 cm³/mol. The lowest BCUT2D eigenvalue weighted by molar-refractivity contribution is 0.272. The Bertz CT molecular complexity index is 208. The zero-order chi connectivity index (χ0) is 15.6. The molecule has 0 saturated carbocycles. The summed E-state index contributed by atoms with van der Waals surface area (Å²) in [4.78, 5) is 0. The summed E-state index contributed by atoms with van der Waals surface area (Å²) >= 11 is 0.